The van der Waals surface area contributed by atoms with E-state index in [9.17, 15) is 18.7 Å². The molecule has 8 heteroatoms. The van der Waals surface area contributed by atoms with Crippen molar-refractivity contribution in [1.82, 2.24) is 4.90 Å². The van der Waals surface area contributed by atoms with Gasteiger partial charge >= 0.3 is 0 Å². The lowest BCUT2D eigenvalue weighted by Gasteiger charge is -2.45. The van der Waals surface area contributed by atoms with Gasteiger partial charge in [-0.3, -0.25) is 0 Å². The lowest BCUT2D eigenvalue weighted by Crippen LogP contribution is -2.52. The Balaban J connectivity index is 1.94. The minimum absolute atomic E-state index is 0.0827. The van der Waals surface area contributed by atoms with E-state index < -0.39 is 24.2 Å². The highest BCUT2D eigenvalue weighted by Crippen LogP contribution is 2.52. The summed E-state index contributed by atoms with van der Waals surface area (Å²) >= 11 is 6.96. The summed E-state index contributed by atoms with van der Waals surface area (Å²) in [6, 6.07) is 1.29. The first-order valence-corrected chi connectivity index (χ1v) is 7.31. The molecule has 1 aromatic rings. The predicted molar refractivity (Wildman–Crippen MR) is 67.1 cm³/mol. The van der Waals surface area contributed by atoms with E-state index in [1.165, 1.54) is 6.07 Å². The molecule has 4 nitrogen and oxygen atoms in total. The molecule has 0 N–H and O–H groups in total. The average molecular weight is 323 g/mol. The van der Waals surface area contributed by atoms with Gasteiger partial charge < -0.3 is 19.5 Å². The molecule has 1 saturated heterocycles. The number of carbonyl (C=O) groups is 1. The summed E-state index contributed by atoms with van der Waals surface area (Å²) in [6.07, 6.45) is -0.577. The minimum Gasteiger partial charge on any atom is -0.530 e. The van der Waals surface area contributed by atoms with Crippen molar-refractivity contribution in [1.29, 1.82) is 0 Å². The van der Waals surface area contributed by atoms with Crippen LogP contribution >= 0.6 is 22.9 Å². The van der Waals surface area contributed by atoms with Crippen molar-refractivity contribution in [3.63, 3.8) is 0 Å². The second-order valence-corrected chi connectivity index (χ2v) is 6.72. The maximum atomic E-state index is 13.9. The molecule has 2 aliphatic heterocycles. The molecule has 3 heterocycles. The van der Waals surface area contributed by atoms with Gasteiger partial charge in [-0.05, 0) is 18.9 Å². The molecule has 0 unspecified atom stereocenters. The Morgan fingerprint density at radius 2 is 2.10 bits per heavy atom. The smallest absolute Gasteiger partial charge is 0.297 e. The van der Waals surface area contributed by atoms with Crippen molar-refractivity contribution in [3.8, 4) is 0 Å². The molecule has 1 aromatic heterocycles. The van der Waals surface area contributed by atoms with Crippen LogP contribution in [0.15, 0.2) is 6.07 Å². The third-order valence-corrected chi connectivity index (χ3v) is 5.32. The van der Waals surface area contributed by atoms with E-state index in [0.717, 1.165) is 16.2 Å². The van der Waals surface area contributed by atoms with Crippen LogP contribution in [0.25, 0.3) is 0 Å². The summed E-state index contributed by atoms with van der Waals surface area (Å²) in [5.74, 6) is -3.05. The number of carbonyl (C=O) groups excluding carboxylic acids is 1. The first-order chi connectivity index (χ1) is 9.34. The van der Waals surface area contributed by atoms with Gasteiger partial charge in [0.15, 0.2) is 0 Å². The van der Waals surface area contributed by atoms with Crippen LogP contribution in [0.2, 0.25) is 4.34 Å². The SMILES string of the molecule is O=C([O-])N1CCC2(CC1)OCC(F)(F)c1cc(Cl)sc12. The van der Waals surface area contributed by atoms with Gasteiger partial charge in [0.05, 0.1) is 4.34 Å². The normalized spacial score (nSPS) is 23.6. The standard InChI is InChI=1S/C12H12ClF2NO3S/c13-8-5-7-9(20-8)11(19-6-12(7,14)15)1-3-16(4-2-11)10(17)18/h5H,1-4,6H2,(H,17,18)/p-1. The fourth-order valence-electron chi connectivity index (χ4n) is 2.77. The molecule has 1 amide bonds. The highest BCUT2D eigenvalue weighted by atomic mass is 35.5. The Kier molecular flexibility index (Phi) is 3.19. The monoisotopic (exact) mass is 322 g/mol. The predicted octanol–water partition coefficient (Wildman–Crippen LogP) is 2.16. The van der Waals surface area contributed by atoms with Crippen LogP contribution in [0.3, 0.4) is 0 Å². The van der Waals surface area contributed by atoms with Crippen LogP contribution < -0.4 is 5.11 Å². The van der Waals surface area contributed by atoms with Crippen LogP contribution in [-0.2, 0) is 16.3 Å². The average Bonchev–Trinajstić information content (AvgIpc) is 2.80. The number of fused-ring (bicyclic) bond motifs is 2. The van der Waals surface area contributed by atoms with Crippen LogP contribution in [0.4, 0.5) is 13.6 Å². The fourth-order valence-corrected chi connectivity index (χ4v) is 4.24. The molecule has 0 saturated carbocycles. The number of carboxylic acid groups (broad SMARTS) is 1. The third kappa shape index (κ3) is 2.08. The van der Waals surface area contributed by atoms with Crippen molar-refractivity contribution >= 4 is 29.0 Å². The molecule has 0 aromatic carbocycles. The van der Waals surface area contributed by atoms with Gasteiger partial charge in [-0.15, -0.1) is 11.3 Å². The fraction of sp³-hybridized carbons (Fsp3) is 0.583. The lowest BCUT2D eigenvalue weighted by molar-refractivity contribution is -0.269. The van der Waals surface area contributed by atoms with Gasteiger partial charge in [0.1, 0.15) is 18.3 Å². The summed E-state index contributed by atoms with van der Waals surface area (Å²) in [4.78, 5) is 12.4. The van der Waals surface area contributed by atoms with Gasteiger partial charge in [0.2, 0.25) is 0 Å². The number of hydrogen-bond donors (Lipinski definition) is 0. The quantitative estimate of drug-likeness (QED) is 0.735. The molecule has 2 aliphatic rings. The van der Waals surface area contributed by atoms with Crippen molar-refractivity contribution in [2.45, 2.75) is 24.4 Å². The number of nitrogens with zero attached hydrogens (tertiary/aromatic N) is 1. The zero-order valence-electron chi connectivity index (χ0n) is 10.3. The van der Waals surface area contributed by atoms with E-state index in [1.54, 1.807) is 0 Å². The second-order valence-electron chi connectivity index (χ2n) is 5.03. The molecule has 0 aliphatic carbocycles. The van der Waals surface area contributed by atoms with E-state index in [4.69, 9.17) is 16.3 Å². The van der Waals surface area contributed by atoms with Gasteiger partial charge in [-0.1, -0.05) is 11.6 Å². The molecular formula is C12H11ClF2NO3S-. The Labute approximate surface area is 122 Å². The maximum absolute atomic E-state index is 13.9. The molecule has 3 rings (SSSR count). The topological polar surface area (TPSA) is 52.6 Å². The number of halogens is 3. The summed E-state index contributed by atoms with van der Waals surface area (Å²) in [5.41, 5.74) is -0.929. The molecule has 20 heavy (non-hydrogen) atoms. The second kappa shape index (κ2) is 4.54. The Bertz CT molecular complexity index is 555. The Morgan fingerprint density at radius 1 is 1.45 bits per heavy atom. The van der Waals surface area contributed by atoms with Crippen molar-refractivity contribution in [2.24, 2.45) is 0 Å². The van der Waals surface area contributed by atoms with E-state index in [0.29, 0.717) is 22.1 Å². The number of hydrogen-bond acceptors (Lipinski definition) is 4. The molecular weight excluding hydrogens is 312 g/mol. The number of likely N-dealkylation sites (tertiary alicyclic amines) is 1. The number of ether oxygens (including phenoxy) is 1. The Morgan fingerprint density at radius 3 is 2.70 bits per heavy atom. The molecule has 0 bridgehead atoms. The van der Waals surface area contributed by atoms with Crippen LogP contribution in [-0.4, -0.2) is 30.7 Å². The summed E-state index contributed by atoms with van der Waals surface area (Å²) < 4.78 is 33.5. The van der Waals surface area contributed by atoms with E-state index in [1.807, 2.05) is 0 Å². The number of rotatable bonds is 0. The molecule has 0 radical (unpaired) electrons. The zero-order valence-corrected chi connectivity index (χ0v) is 11.9. The molecule has 110 valence electrons. The van der Waals surface area contributed by atoms with E-state index in [2.05, 4.69) is 0 Å². The lowest BCUT2D eigenvalue weighted by atomic mass is 9.84. The molecule has 1 spiro atoms. The zero-order chi connectivity index (χ0) is 14.5. The van der Waals surface area contributed by atoms with E-state index in [-0.39, 0.29) is 18.7 Å². The summed E-state index contributed by atoms with van der Waals surface area (Å²) in [7, 11) is 0. The van der Waals surface area contributed by atoms with Gasteiger partial charge in [0, 0.05) is 23.5 Å². The van der Waals surface area contributed by atoms with Gasteiger partial charge in [-0.2, -0.15) is 8.78 Å². The number of amides is 1. The van der Waals surface area contributed by atoms with Crippen LogP contribution in [0, 0.1) is 0 Å². The number of alkyl halides is 2. The maximum Gasteiger partial charge on any atom is 0.297 e. The molecule has 0 atom stereocenters. The highest BCUT2D eigenvalue weighted by Gasteiger charge is 2.51. The number of thiophene rings is 1. The van der Waals surface area contributed by atoms with Crippen LogP contribution in [0.1, 0.15) is 23.3 Å². The summed E-state index contributed by atoms with van der Waals surface area (Å²) in [6.45, 7) is -0.274. The van der Waals surface area contributed by atoms with E-state index >= 15 is 0 Å². The minimum atomic E-state index is -3.05. The highest BCUT2D eigenvalue weighted by molar-refractivity contribution is 7.16. The van der Waals surface area contributed by atoms with Crippen molar-refractivity contribution < 1.29 is 23.4 Å². The van der Waals surface area contributed by atoms with Gasteiger partial charge in [0.25, 0.3) is 5.92 Å². The molecule has 1 fully saturated rings. The first kappa shape index (κ1) is 14.0. The van der Waals surface area contributed by atoms with Crippen LogP contribution in [0.5, 0.6) is 0 Å². The van der Waals surface area contributed by atoms with Gasteiger partial charge in [-0.25, -0.2) is 0 Å². The largest absolute Gasteiger partial charge is 0.530 e. The third-order valence-electron chi connectivity index (χ3n) is 3.87. The van der Waals surface area contributed by atoms with Crippen molar-refractivity contribution in [2.75, 3.05) is 19.7 Å². The Hall–Kier alpha value is -0.920. The first-order valence-electron chi connectivity index (χ1n) is 6.12. The van der Waals surface area contributed by atoms with Crippen molar-refractivity contribution in [3.05, 3.63) is 20.8 Å². The number of piperidine rings is 1. The summed E-state index contributed by atoms with van der Waals surface area (Å²) in [5, 5.41) is 10.8.